The Balaban J connectivity index is 1.67. The first-order valence-corrected chi connectivity index (χ1v) is 13.2. The molecule has 1 heterocycles. The zero-order valence-electron chi connectivity index (χ0n) is 20.0. The second-order valence-corrected chi connectivity index (χ2v) is 10.4. The maximum Gasteiger partial charge on any atom is 0.264 e. The Bertz CT molecular complexity index is 1330. The summed E-state index contributed by atoms with van der Waals surface area (Å²) < 4.78 is 34.0. The number of primary amides is 1. The highest BCUT2D eigenvalue weighted by Gasteiger charge is 2.34. The highest BCUT2D eigenvalue weighted by Crippen LogP contribution is 2.28. The second kappa shape index (κ2) is 10.8. The smallest absolute Gasteiger partial charge is 0.264 e. The van der Waals surface area contributed by atoms with Crippen molar-refractivity contribution in [1.29, 1.82) is 0 Å². The Morgan fingerprint density at radius 1 is 0.972 bits per heavy atom. The van der Waals surface area contributed by atoms with Crippen molar-refractivity contribution in [3.05, 3.63) is 90.0 Å². The minimum Gasteiger partial charge on any atom is -0.494 e. The molecule has 188 valence electrons. The van der Waals surface area contributed by atoms with Crippen LogP contribution in [0.3, 0.4) is 0 Å². The van der Waals surface area contributed by atoms with Crippen LogP contribution in [-0.2, 0) is 32.6 Å². The fourth-order valence-electron chi connectivity index (χ4n) is 4.42. The number of hydrogen-bond donors (Lipinski definition) is 1. The summed E-state index contributed by atoms with van der Waals surface area (Å²) in [6.07, 6.45) is 0.471. The molecule has 1 aliphatic rings. The highest BCUT2D eigenvalue weighted by molar-refractivity contribution is 7.92. The van der Waals surface area contributed by atoms with Crippen molar-refractivity contribution in [2.75, 3.05) is 17.5 Å². The minimum atomic E-state index is -4.08. The van der Waals surface area contributed by atoms with Crippen molar-refractivity contribution in [2.24, 2.45) is 5.73 Å². The van der Waals surface area contributed by atoms with Gasteiger partial charge in [0.2, 0.25) is 11.8 Å². The van der Waals surface area contributed by atoms with Gasteiger partial charge in [-0.2, -0.15) is 0 Å². The Hall–Kier alpha value is -3.85. The molecule has 1 aliphatic heterocycles. The molecular weight excluding hydrogens is 478 g/mol. The standard InChI is InChI=1S/C27H29N3O5S/c1-2-35-24-12-14-25(15-13-24)36(33,34)30(22-10-4-3-5-11-22)19-27(32)29-18-21-9-7-6-8-20(21)16-23(29)17-26(28)31/h3-15,23H,2,16-19H2,1H3,(H2,28,31). The van der Waals surface area contributed by atoms with Gasteiger partial charge in [-0.15, -0.1) is 0 Å². The van der Waals surface area contributed by atoms with Crippen LogP contribution in [0.25, 0.3) is 0 Å². The summed E-state index contributed by atoms with van der Waals surface area (Å²) in [6.45, 7) is 2.16. The number of nitrogens with zero attached hydrogens (tertiary/aromatic N) is 2. The second-order valence-electron chi connectivity index (χ2n) is 8.57. The summed E-state index contributed by atoms with van der Waals surface area (Å²) in [4.78, 5) is 27.0. The molecule has 1 unspecified atom stereocenters. The largest absolute Gasteiger partial charge is 0.494 e. The molecule has 0 saturated carbocycles. The van der Waals surface area contributed by atoms with Crippen LogP contribution in [0.15, 0.2) is 83.8 Å². The van der Waals surface area contributed by atoms with Gasteiger partial charge in [0, 0.05) is 19.0 Å². The van der Waals surface area contributed by atoms with Crippen LogP contribution in [0.5, 0.6) is 5.75 Å². The number of anilines is 1. The molecule has 2 N–H and O–H groups in total. The number of rotatable bonds is 9. The van der Waals surface area contributed by atoms with Crippen molar-refractivity contribution in [3.8, 4) is 5.75 Å². The summed E-state index contributed by atoms with van der Waals surface area (Å²) in [5.74, 6) is -0.367. The summed E-state index contributed by atoms with van der Waals surface area (Å²) in [6, 6.07) is 21.9. The third-order valence-electron chi connectivity index (χ3n) is 6.16. The van der Waals surface area contributed by atoms with E-state index in [1.54, 1.807) is 47.4 Å². The highest BCUT2D eigenvalue weighted by atomic mass is 32.2. The minimum absolute atomic E-state index is 0.00292. The molecule has 0 radical (unpaired) electrons. The molecule has 2 amide bonds. The number of fused-ring (bicyclic) bond motifs is 1. The first-order chi connectivity index (χ1) is 17.3. The van der Waals surface area contributed by atoms with Crippen LogP contribution in [0.2, 0.25) is 0 Å². The lowest BCUT2D eigenvalue weighted by molar-refractivity contribution is -0.134. The molecule has 3 aromatic carbocycles. The molecular formula is C27H29N3O5S. The third kappa shape index (κ3) is 5.52. The fraction of sp³-hybridized carbons (Fsp3) is 0.259. The number of nitrogens with two attached hydrogens (primary N) is 1. The molecule has 1 atom stereocenters. The van der Waals surface area contributed by atoms with Crippen molar-refractivity contribution in [2.45, 2.75) is 37.2 Å². The average molecular weight is 508 g/mol. The van der Waals surface area contributed by atoms with E-state index in [0.717, 1.165) is 15.4 Å². The van der Waals surface area contributed by atoms with Crippen LogP contribution < -0.4 is 14.8 Å². The van der Waals surface area contributed by atoms with Gasteiger partial charge in [0.1, 0.15) is 12.3 Å². The van der Waals surface area contributed by atoms with E-state index < -0.39 is 34.4 Å². The number of ether oxygens (including phenoxy) is 1. The van der Waals surface area contributed by atoms with Gasteiger partial charge in [0.05, 0.1) is 17.2 Å². The zero-order valence-corrected chi connectivity index (χ0v) is 20.9. The Morgan fingerprint density at radius 2 is 1.61 bits per heavy atom. The lowest BCUT2D eigenvalue weighted by atomic mass is 9.92. The van der Waals surface area contributed by atoms with Gasteiger partial charge in [-0.1, -0.05) is 42.5 Å². The van der Waals surface area contributed by atoms with Crippen LogP contribution in [0.1, 0.15) is 24.5 Å². The zero-order chi connectivity index (χ0) is 25.7. The summed E-state index contributed by atoms with van der Waals surface area (Å²) in [5.41, 5.74) is 7.86. The third-order valence-corrected chi connectivity index (χ3v) is 7.95. The molecule has 36 heavy (non-hydrogen) atoms. The molecule has 0 aliphatic carbocycles. The van der Waals surface area contributed by atoms with Gasteiger partial charge < -0.3 is 15.4 Å². The van der Waals surface area contributed by atoms with E-state index in [1.165, 1.54) is 12.1 Å². The fourth-order valence-corrected chi connectivity index (χ4v) is 5.83. The van der Waals surface area contributed by atoms with Crippen molar-refractivity contribution in [1.82, 2.24) is 4.90 Å². The topological polar surface area (TPSA) is 110 Å². The van der Waals surface area contributed by atoms with Crippen LogP contribution in [0, 0.1) is 0 Å². The number of carbonyl (C=O) groups is 2. The average Bonchev–Trinajstić information content (AvgIpc) is 2.87. The molecule has 8 nitrogen and oxygen atoms in total. The lowest BCUT2D eigenvalue weighted by Gasteiger charge is -2.38. The number of amides is 2. The first-order valence-electron chi connectivity index (χ1n) is 11.7. The predicted octanol–water partition coefficient (Wildman–Crippen LogP) is 3.11. The number of benzene rings is 3. The van der Waals surface area contributed by atoms with Crippen LogP contribution in [-0.4, -0.2) is 44.3 Å². The van der Waals surface area contributed by atoms with E-state index in [4.69, 9.17) is 10.5 Å². The van der Waals surface area contributed by atoms with Gasteiger partial charge in [-0.05, 0) is 60.9 Å². The maximum atomic E-state index is 13.7. The maximum absolute atomic E-state index is 13.7. The van der Waals surface area contributed by atoms with Gasteiger partial charge in [-0.25, -0.2) is 8.42 Å². The molecule has 0 bridgehead atoms. The Labute approximate surface area is 211 Å². The van der Waals surface area contributed by atoms with Crippen LogP contribution >= 0.6 is 0 Å². The summed E-state index contributed by atoms with van der Waals surface area (Å²) >= 11 is 0. The number of sulfonamides is 1. The van der Waals surface area contributed by atoms with E-state index in [1.807, 2.05) is 31.2 Å². The number of hydrogen-bond acceptors (Lipinski definition) is 5. The van der Waals surface area contributed by atoms with Crippen molar-refractivity contribution in [3.63, 3.8) is 0 Å². The Morgan fingerprint density at radius 3 is 2.25 bits per heavy atom. The summed E-state index contributed by atoms with van der Waals surface area (Å²) in [5, 5.41) is 0. The van der Waals surface area contributed by atoms with Crippen molar-refractivity contribution < 1.29 is 22.7 Å². The SMILES string of the molecule is CCOc1ccc(S(=O)(=O)N(CC(=O)N2Cc3ccccc3CC2CC(N)=O)c2ccccc2)cc1. The van der Waals surface area contributed by atoms with Gasteiger partial charge in [0.25, 0.3) is 10.0 Å². The van der Waals surface area contributed by atoms with E-state index in [0.29, 0.717) is 24.5 Å². The number of carbonyl (C=O) groups excluding carboxylic acids is 2. The normalized spacial score (nSPS) is 15.1. The molecule has 3 aromatic rings. The van der Waals surface area contributed by atoms with Crippen LogP contribution in [0.4, 0.5) is 5.69 Å². The molecule has 0 fully saturated rings. The van der Waals surface area contributed by atoms with Gasteiger partial charge >= 0.3 is 0 Å². The predicted molar refractivity (Wildman–Crippen MR) is 137 cm³/mol. The molecule has 0 saturated heterocycles. The molecule has 4 rings (SSSR count). The van der Waals surface area contributed by atoms with E-state index in [2.05, 4.69) is 0 Å². The van der Waals surface area contributed by atoms with Gasteiger partial charge in [0.15, 0.2) is 0 Å². The van der Waals surface area contributed by atoms with E-state index in [9.17, 15) is 18.0 Å². The summed E-state index contributed by atoms with van der Waals surface area (Å²) in [7, 11) is -4.08. The first kappa shape index (κ1) is 25.2. The Kier molecular flexibility index (Phi) is 7.59. The van der Waals surface area contributed by atoms with E-state index in [-0.39, 0.29) is 17.9 Å². The van der Waals surface area contributed by atoms with Crippen molar-refractivity contribution >= 4 is 27.5 Å². The monoisotopic (exact) mass is 507 g/mol. The quantitative estimate of drug-likeness (QED) is 0.479. The molecule has 0 spiro atoms. The number of para-hydroxylation sites is 1. The molecule has 9 heteroatoms. The van der Waals surface area contributed by atoms with Gasteiger partial charge in [-0.3, -0.25) is 13.9 Å². The molecule has 0 aromatic heterocycles. The van der Waals surface area contributed by atoms with E-state index >= 15 is 0 Å². The lowest BCUT2D eigenvalue weighted by Crippen LogP contribution is -2.50.